The van der Waals surface area contributed by atoms with Gasteiger partial charge in [-0.1, -0.05) is 32.0 Å². The van der Waals surface area contributed by atoms with Crippen molar-refractivity contribution in [2.45, 2.75) is 20.0 Å². The summed E-state index contributed by atoms with van der Waals surface area (Å²) in [5, 5.41) is 9.39. The van der Waals surface area contributed by atoms with Gasteiger partial charge in [-0.2, -0.15) is 0 Å². The number of para-hydroxylation sites is 1. The van der Waals surface area contributed by atoms with Crippen LogP contribution >= 0.6 is 0 Å². The highest BCUT2D eigenvalue weighted by molar-refractivity contribution is 5.39. The van der Waals surface area contributed by atoms with Crippen LogP contribution in [0.5, 0.6) is 5.75 Å². The first kappa shape index (κ1) is 9.81. The Bertz CT molecular complexity index is 292. The van der Waals surface area contributed by atoms with Gasteiger partial charge in [0.25, 0.3) is 0 Å². The lowest BCUT2D eigenvalue weighted by molar-refractivity contribution is 0.213. The molecule has 0 saturated heterocycles. The van der Waals surface area contributed by atoms with Crippen molar-refractivity contribution in [1.82, 2.24) is 0 Å². The summed E-state index contributed by atoms with van der Waals surface area (Å²) in [6.07, 6.45) is 2.61. The molecule has 13 heavy (non-hydrogen) atoms. The van der Waals surface area contributed by atoms with Crippen molar-refractivity contribution in [3.05, 3.63) is 42.2 Å². The van der Waals surface area contributed by atoms with E-state index < -0.39 is 6.10 Å². The standard InChI is InChI=1S/C9H8O2.C2H6/c10-8-5-6-11-9-4-2-1-3-7(8)9;1-2/h1-6,8,10H;1-2H3. The monoisotopic (exact) mass is 178 g/mol. The maximum absolute atomic E-state index is 9.39. The van der Waals surface area contributed by atoms with Crippen LogP contribution < -0.4 is 4.74 Å². The van der Waals surface area contributed by atoms with Gasteiger partial charge in [0.2, 0.25) is 0 Å². The van der Waals surface area contributed by atoms with Gasteiger partial charge in [-0.25, -0.2) is 0 Å². The number of ether oxygens (including phenoxy) is 1. The average Bonchev–Trinajstić information content (AvgIpc) is 2.22. The third-order valence-corrected chi connectivity index (χ3v) is 1.69. The Kier molecular flexibility index (Phi) is 3.53. The second kappa shape index (κ2) is 4.67. The average molecular weight is 178 g/mol. The topological polar surface area (TPSA) is 29.5 Å². The fraction of sp³-hybridized carbons (Fsp3) is 0.273. The van der Waals surface area contributed by atoms with Crippen molar-refractivity contribution in [1.29, 1.82) is 0 Å². The van der Waals surface area contributed by atoms with E-state index in [2.05, 4.69) is 0 Å². The van der Waals surface area contributed by atoms with Crippen LogP contribution in [0.3, 0.4) is 0 Å². The van der Waals surface area contributed by atoms with E-state index in [0.717, 1.165) is 11.3 Å². The third-order valence-electron chi connectivity index (χ3n) is 1.69. The Hall–Kier alpha value is -1.28. The van der Waals surface area contributed by atoms with Crippen molar-refractivity contribution in [2.75, 3.05) is 0 Å². The van der Waals surface area contributed by atoms with E-state index in [1.165, 1.54) is 6.26 Å². The number of hydrogen-bond donors (Lipinski definition) is 1. The normalized spacial score (nSPS) is 17.9. The van der Waals surface area contributed by atoms with Crippen molar-refractivity contribution in [2.24, 2.45) is 0 Å². The van der Waals surface area contributed by atoms with Crippen LogP contribution in [0.2, 0.25) is 0 Å². The molecule has 0 aromatic heterocycles. The predicted octanol–water partition coefficient (Wildman–Crippen LogP) is 2.65. The zero-order valence-corrected chi connectivity index (χ0v) is 7.90. The molecule has 2 heteroatoms. The number of hydrogen-bond acceptors (Lipinski definition) is 2. The number of benzene rings is 1. The third kappa shape index (κ3) is 2.10. The molecule has 1 aliphatic rings. The Labute approximate surface area is 78.5 Å². The summed E-state index contributed by atoms with van der Waals surface area (Å²) in [6, 6.07) is 7.45. The molecule has 1 unspecified atom stereocenters. The van der Waals surface area contributed by atoms with Crippen LogP contribution in [0.15, 0.2) is 36.6 Å². The van der Waals surface area contributed by atoms with Gasteiger partial charge in [0.15, 0.2) is 0 Å². The van der Waals surface area contributed by atoms with Crippen LogP contribution in [0.4, 0.5) is 0 Å². The molecule has 2 nitrogen and oxygen atoms in total. The summed E-state index contributed by atoms with van der Waals surface area (Å²) in [5.41, 5.74) is 0.829. The highest BCUT2D eigenvalue weighted by atomic mass is 16.5. The van der Waals surface area contributed by atoms with Crippen LogP contribution in [-0.4, -0.2) is 5.11 Å². The Morgan fingerprint density at radius 2 is 1.92 bits per heavy atom. The molecule has 2 rings (SSSR count). The molecule has 1 aromatic rings. The molecule has 1 aromatic carbocycles. The molecule has 1 aliphatic heterocycles. The molecule has 1 heterocycles. The molecule has 0 amide bonds. The summed E-state index contributed by atoms with van der Waals surface area (Å²) in [6.45, 7) is 4.00. The van der Waals surface area contributed by atoms with Gasteiger partial charge in [-0.15, -0.1) is 0 Å². The van der Waals surface area contributed by atoms with E-state index in [1.807, 2.05) is 38.1 Å². The first-order valence-corrected chi connectivity index (χ1v) is 4.48. The molecule has 0 aliphatic carbocycles. The quantitative estimate of drug-likeness (QED) is 0.661. The second-order valence-corrected chi connectivity index (χ2v) is 2.43. The molecule has 0 bridgehead atoms. The lowest BCUT2D eigenvalue weighted by Gasteiger charge is -2.15. The van der Waals surface area contributed by atoms with Crippen molar-refractivity contribution in [3.8, 4) is 5.75 Å². The van der Waals surface area contributed by atoms with Crippen LogP contribution in [-0.2, 0) is 0 Å². The van der Waals surface area contributed by atoms with Crippen molar-refractivity contribution in [3.63, 3.8) is 0 Å². The minimum atomic E-state index is -0.514. The molecule has 0 radical (unpaired) electrons. The summed E-state index contributed by atoms with van der Waals surface area (Å²) in [4.78, 5) is 0. The minimum absolute atomic E-state index is 0.514. The van der Waals surface area contributed by atoms with E-state index >= 15 is 0 Å². The molecule has 0 saturated carbocycles. The van der Waals surface area contributed by atoms with E-state index in [-0.39, 0.29) is 0 Å². The van der Waals surface area contributed by atoms with E-state index in [9.17, 15) is 5.11 Å². The predicted molar refractivity (Wildman–Crippen MR) is 52.5 cm³/mol. The molecular weight excluding hydrogens is 164 g/mol. The molecule has 1 N–H and O–H groups in total. The van der Waals surface area contributed by atoms with Crippen LogP contribution in [0, 0.1) is 0 Å². The zero-order chi connectivity index (χ0) is 9.68. The lowest BCUT2D eigenvalue weighted by Crippen LogP contribution is -2.01. The number of fused-ring (bicyclic) bond motifs is 1. The molecule has 70 valence electrons. The molecule has 1 atom stereocenters. The van der Waals surface area contributed by atoms with Gasteiger partial charge >= 0.3 is 0 Å². The van der Waals surface area contributed by atoms with Gasteiger partial charge in [0.1, 0.15) is 11.9 Å². The summed E-state index contributed by atoms with van der Waals surface area (Å²) in [5.74, 6) is 0.738. The number of rotatable bonds is 0. The summed E-state index contributed by atoms with van der Waals surface area (Å²) >= 11 is 0. The highest BCUT2D eigenvalue weighted by Gasteiger charge is 2.12. The smallest absolute Gasteiger partial charge is 0.132 e. The van der Waals surface area contributed by atoms with Gasteiger partial charge in [-0.05, 0) is 12.1 Å². The van der Waals surface area contributed by atoms with E-state index in [4.69, 9.17) is 4.74 Å². The number of aliphatic hydroxyl groups is 1. The molecule has 0 fully saturated rings. The summed E-state index contributed by atoms with van der Waals surface area (Å²) in [7, 11) is 0. The Balaban J connectivity index is 0.000000396. The summed E-state index contributed by atoms with van der Waals surface area (Å²) < 4.78 is 5.15. The van der Waals surface area contributed by atoms with Crippen molar-refractivity contribution < 1.29 is 9.84 Å². The Morgan fingerprint density at radius 1 is 1.23 bits per heavy atom. The second-order valence-electron chi connectivity index (χ2n) is 2.43. The first-order chi connectivity index (χ1) is 6.38. The highest BCUT2D eigenvalue weighted by Crippen LogP contribution is 2.28. The molecule has 0 spiro atoms. The first-order valence-electron chi connectivity index (χ1n) is 4.48. The van der Waals surface area contributed by atoms with E-state index in [0.29, 0.717) is 0 Å². The minimum Gasteiger partial charge on any atom is -0.465 e. The van der Waals surface area contributed by atoms with Crippen molar-refractivity contribution >= 4 is 0 Å². The zero-order valence-electron chi connectivity index (χ0n) is 7.90. The van der Waals surface area contributed by atoms with E-state index in [1.54, 1.807) is 6.08 Å². The largest absolute Gasteiger partial charge is 0.465 e. The molecular formula is C11H14O2. The fourth-order valence-corrected chi connectivity index (χ4v) is 1.12. The van der Waals surface area contributed by atoms with Crippen LogP contribution in [0.25, 0.3) is 0 Å². The van der Waals surface area contributed by atoms with Gasteiger partial charge in [-0.3, -0.25) is 0 Å². The SMILES string of the molecule is CC.OC1C=COc2ccccc21. The Morgan fingerprint density at radius 3 is 2.62 bits per heavy atom. The fourth-order valence-electron chi connectivity index (χ4n) is 1.12. The number of aliphatic hydroxyl groups excluding tert-OH is 1. The maximum atomic E-state index is 9.39. The lowest BCUT2D eigenvalue weighted by atomic mass is 10.1. The van der Waals surface area contributed by atoms with Crippen LogP contribution in [0.1, 0.15) is 25.5 Å². The van der Waals surface area contributed by atoms with Gasteiger partial charge < -0.3 is 9.84 Å². The maximum Gasteiger partial charge on any atom is 0.132 e. The van der Waals surface area contributed by atoms with Gasteiger partial charge in [0.05, 0.1) is 6.26 Å². The van der Waals surface area contributed by atoms with Gasteiger partial charge in [0, 0.05) is 5.56 Å².